The van der Waals surface area contributed by atoms with Gasteiger partial charge < -0.3 is 14.6 Å². The standard InChI is InChI=1S/C21H23N3O2/c1-15-7-4-5-8-19(15)26-14-21(25)22-16-10-11-18-17(13-16)23-20-9-3-2-6-12-24(18)20/h4-5,7-8,10-11,13H,2-3,6,9,12,14H2,1H3,(H,22,25). The molecule has 1 aliphatic heterocycles. The number of aryl methyl sites for hydroxylation is 3. The number of aromatic nitrogens is 2. The van der Waals surface area contributed by atoms with E-state index in [0.29, 0.717) is 0 Å². The first kappa shape index (κ1) is 16.6. The second-order valence-electron chi connectivity index (χ2n) is 6.80. The van der Waals surface area contributed by atoms with E-state index in [0.717, 1.165) is 46.8 Å². The first-order chi connectivity index (χ1) is 12.7. The predicted molar refractivity (Wildman–Crippen MR) is 103 cm³/mol. The van der Waals surface area contributed by atoms with Crippen molar-refractivity contribution in [2.24, 2.45) is 0 Å². The van der Waals surface area contributed by atoms with Crippen molar-refractivity contribution in [1.82, 2.24) is 9.55 Å². The molecule has 0 bridgehead atoms. The van der Waals surface area contributed by atoms with Crippen molar-refractivity contribution in [3.05, 3.63) is 53.9 Å². The molecule has 0 unspecified atom stereocenters. The van der Waals surface area contributed by atoms with Gasteiger partial charge in [-0.25, -0.2) is 4.98 Å². The minimum Gasteiger partial charge on any atom is -0.483 e. The summed E-state index contributed by atoms with van der Waals surface area (Å²) in [5, 5.41) is 2.90. The van der Waals surface area contributed by atoms with Crippen molar-refractivity contribution in [2.45, 2.75) is 39.2 Å². The van der Waals surface area contributed by atoms with Crippen molar-refractivity contribution < 1.29 is 9.53 Å². The number of carbonyl (C=O) groups excluding carboxylic acids is 1. The fraction of sp³-hybridized carbons (Fsp3) is 0.333. The number of anilines is 1. The first-order valence-electron chi connectivity index (χ1n) is 9.18. The zero-order valence-corrected chi connectivity index (χ0v) is 15.0. The van der Waals surface area contributed by atoms with Gasteiger partial charge in [0.05, 0.1) is 11.0 Å². The van der Waals surface area contributed by atoms with Gasteiger partial charge in [-0.05, 0) is 49.6 Å². The number of fused-ring (bicyclic) bond motifs is 3. The molecule has 4 rings (SSSR count). The van der Waals surface area contributed by atoms with Crippen LogP contribution in [0.25, 0.3) is 11.0 Å². The van der Waals surface area contributed by atoms with Crippen molar-refractivity contribution in [1.29, 1.82) is 0 Å². The summed E-state index contributed by atoms with van der Waals surface area (Å²) in [7, 11) is 0. The molecule has 0 saturated carbocycles. The number of benzene rings is 2. The van der Waals surface area contributed by atoms with Crippen molar-refractivity contribution in [3.63, 3.8) is 0 Å². The molecule has 2 aromatic carbocycles. The van der Waals surface area contributed by atoms with E-state index in [1.165, 1.54) is 19.3 Å². The smallest absolute Gasteiger partial charge is 0.262 e. The lowest BCUT2D eigenvalue weighted by Gasteiger charge is -2.09. The van der Waals surface area contributed by atoms with E-state index in [9.17, 15) is 4.79 Å². The van der Waals surface area contributed by atoms with Crippen LogP contribution in [0.15, 0.2) is 42.5 Å². The van der Waals surface area contributed by atoms with Crippen LogP contribution in [0.2, 0.25) is 0 Å². The van der Waals surface area contributed by atoms with E-state index in [-0.39, 0.29) is 12.5 Å². The quantitative estimate of drug-likeness (QED) is 0.772. The maximum Gasteiger partial charge on any atom is 0.262 e. The summed E-state index contributed by atoms with van der Waals surface area (Å²) in [5.41, 5.74) is 3.86. The lowest BCUT2D eigenvalue weighted by Crippen LogP contribution is -2.20. The van der Waals surface area contributed by atoms with Gasteiger partial charge >= 0.3 is 0 Å². The third kappa shape index (κ3) is 3.43. The van der Waals surface area contributed by atoms with Gasteiger partial charge in [0.2, 0.25) is 0 Å². The highest BCUT2D eigenvalue weighted by molar-refractivity contribution is 5.94. The zero-order chi connectivity index (χ0) is 17.9. The third-order valence-corrected chi connectivity index (χ3v) is 4.85. The SMILES string of the molecule is Cc1ccccc1OCC(=O)Nc1ccc2c(c1)nc1n2CCCCC1. The normalized spacial score (nSPS) is 13.9. The minimum atomic E-state index is -0.173. The number of hydrogen-bond donors (Lipinski definition) is 1. The van der Waals surface area contributed by atoms with E-state index in [4.69, 9.17) is 9.72 Å². The molecule has 0 radical (unpaired) electrons. The zero-order valence-electron chi connectivity index (χ0n) is 15.0. The Balaban J connectivity index is 1.45. The van der Waals surface area contributed by atoms with Crippen LogP contribution in [-0.2, 0) is 17.8 Å². The molecule has 0 aliphatic carbocycles. The van der Waals surface area contributed by atoms with E-state index in [1.54, 1.807) is 0 Å². The molecule has 0 spiro atoms. The van der Waals surface area contributed by atoms with E-state index in [2.05, 4.69) is 16.0 Å². The summed E-state index contributed by atoms with van der Waals surface area (Å²) in [6.07, 6.45) is 4.69. The summed E-state index contributed by atoms with van der Waals surface area (Å²) >= 11 is 0. The van der Waals surface area contributed by atoms with E-state index >= 15 is 0 Å². The molecule has 0 saturated heterocycles. The third-order valence-electron chi connectivity index (χ3n) is 4.85. The lowest BCUT2D eigenvalue weighted by molar-refractivity contribution is -0.118. The molecule has 0 fully saturated rings. The Labute approximate surface area is 153 Å². The number of hydrogen-bond acceptors (Lipinski definition) is 3. The highest BCUT2D eigenvalue weighted by Gasteiger charge is 2.14. The summed E-state index contributed by atoms with van der Waals surface area (Å²) in [5.74, 6) is 1.72. The Morgan fingerprint density at radius 3 is 2.96 bits per heavy atom. The van der Waals surface area contributed by atoms with Crippen molar-refractivity contribution in [2.75, 3.05) is 11.9 Å². The Morgan fingerprint density at radius 1 is 1.19 bits per heavy atom. The van der Waals surface area contributed by atoms with Crippen LogP contribution in [0.3, 0.4) is 0 Å². The molecule has 0 atom stereocenters. The average Bonchev–Trinajstić information content (AvgIpc) is 2.81. The fourth-order valence-electron chi connectivity index (χ4n) is 3.49. The van der Waals surface area contributed by atoms with Crippen LogP contribution in [0.1, 0.15) is 30.7 Å². The van der Waals surface area contributed by atoms with Gasteiger partial charge in [-0.1, -0.05) is 24.6 Å². The van der Waals surface area contributed by atoms with E-state index in [1.807, 2.05) is 43.3 Å². The second kappa shape index (κ2) is 7.20. The highest BCUT2D eigenvalue weighted by atomic mass is 16.5. The molecule has 5 heteroatoms. The topological polar surface area (TPSA) is 56.1 Å². The van der Waals surface area contributed by atoms with Gasteiger partial charge in [-0.3, -0.25) is 4.79 Å². The molecule has 1 aliphatic rings. The van der Waals surface area contributed by atoms with Crippen molar-refractivity contribution in [3.8, 4) is 5.75 Å². The van der Waals surface area contributed by atoms with Gasteiger partial charge in [0.1, 0.15) is 11.6 Å². The predicted octanol–water partition coefficient (Wildman–Crippen LogP) is 4.09. The second-order valence-corrected chi connectivity index (χ2v) is 6.80. The van der Waals surface area contributed by atoms with Gasteiger partial charge in [0, 0.05) is 18.7 Å². The summed E-state index contributed by atoms with van der Waals surface area (Å²) in [6.45, 7) is 2.98. The molecule has 1 amide bonds. The molecular formula is C21H23N3O2. The monoisotopic (exact) mass is 349 g/mol. The molecule has 5 nitrogen and oxygen atoms in total. The Hall–Kier alpha value is -2.82. The molecule has 1 aromatic heterocycles. The van der Waals surface area contributed by atoms with Gasteiger partial charge in [0.15, 0.2) is 6.61 Å². The first-order valence-corrected chi connectivity index (χ1v) is 9.18. The summed E-state index contributed by atoms with van der Waals surface area (Å²) < 4.78 is 7.92. The summed E-state index contributed by atoms with van der Waals surface area (Å²) in [6, 6.07) is 13.6. The van der Waals surface area contributed by atoms with Crippen LogP contribution in [0.5, 0.6) is 5.75 Å². The van der Waals surface area contributed by atoms with Crippen molar-refractivity contribution >= 4 is 22.6 Å². The van der Waals surface area contributed by atoms with Gasteiger partial charge in [-0.2, -0.15) is 0 Å². The number of ether oxygens (including phenoxy) is 1. The molecule has 1 N–H and O–H groups in total. The molecular weight excluding hydrogens is 326 g/mol. The highest BCUT2D eigenvalue weighted by Crippen LogP contribution is 2.24. The van der Waals surface area contributed by atoms with Crippen LogP contribution >= 0.6 is 0 Å². The largest absolute Gasteiger partial charge is 0.483 e. The maximum absolute atomic E-state index is 12.2. The van der Waals surface area contributed by atoms with Crippen LogP contribution in [-0.4, -0.2) is 22.1 Å². The van der Waals surface area contributed by atoms with Crippen LogP contribution < -0.4 is 10.1 Å². The van der Waals surface area contributed by atoms with Crippen LogP contribution in [0.4, 0.5) is 5.69 Å². The number of amides is 1. The maximum atomic E-state index is 12.2. The average molecular weight is 349 g/mol. The van der Waals surface area contributed by atoms with Gasteiger partial charge in [-0.15, -0.1) is 0 Å². The number of para-hydroxylation sites is 1. The number of nitrogens with zero attached hydrogens (tertiary/aromatic N) is 2. The van der Waals surface area contributed by atoms with Crippen LogP contribution in [0, 0.1) is 6.92 Å². The number of imidazole rings is 1. The van der Waals surface area contributed by atoms with E-state index < -0.39 is 0 Å². The Bertz CT molecular complexity index is 946. The Kier molecular flexibility index (Phi) is 4.61. The lowest BCUT2D eigenvalue weighted by atomic mass is 10.2. The molecule has 26 heavy (non-hydrogen) atoms. The van der Waals surface area contributed by atoms with Gasteiger partial charge in [0.25, 0.3) is 5.91 Å². The number of nitrogens with one attached hydrogen (secondary N) is 1. The molecule has 134 valence electrons. The molecule has 3 aromatic rings. The summed E-state index contributed by atoms with van der Waals surface area (Å²) in [4.78, 5) is 17.0. The minimum absolute atomic E-state index is 0.0113. The number of rotatable bonds is 4. The fourth-order valence-corrected chi connectivity index (χ4v) is 3.49. The number of carbonyl (C=O) groups is 1. The Morgan fingerprint density at radius 2 is 2.08 bits per heavy atom. The molecule has 2 heterocycles.